The maximum atomic E-state index is 12.5. The molecular weight excluding hydrogens is 536 g/mol. The summed E-state index contributed by atoms with van der Waals surface area (Å²) in [6.07, 6.45) is 2.78. The van der Waals surface area contributed by atoms with Gasteiger partial charge in [0.25, 0.3) is 0 Å². The summed E-state index contributed by atoms with van der Waals surface area (Å²) < 4.78 is 0. The fourth-order valence-electron chi connectivity index (χ4n) is 4.13. The van der Waals surface area contributed by atoms with Crippen molar-refractivity contribution in [2.75, 3.05) is 18.8 Å². The van der Waals surface area contributed by atoms with Crippen molar-refractivity contribution >= 4 is 24.5 Å². The first-order valence-electron chi connectivity index (χ1n) is 13.8. The molecule has 216 valence electrons. The predicted molar refractivity (Wildman–Crippen MR) is 164 cm³/mol. The maximum absolute atomic E-state index is 12.5. The Bertz CT molecular complexity index is 1320. The number of aliphatic carboxylic acids is 1. The van der Waals surface area contributed by atoms with Crippen LogP contribution >= 0.6 is 12.6 Å². The van der Waals surface area contributed by atoms with Crippen LogP contribution < -0.4 is 10.6 Å². The number of carboxylic acids is 1. The first-order valence-corrected chi connectivity index (χ1v) is 14.4. The van der Waals surface area contributed by atoms with Crippen molar-refractivity contribution in [3.05, 3.63) is 90.0 Å². The quantitative estimate of drug-likeness (QED) is 0.108. The van der Waals surface area contributed by atoms with Gasteiger partial charge in [0.15, 0.2) is 0 Å². The topological polar surface area (TPSA) is 133 Å². The Morgan fingerprint density at radius 3 is 2.24 bits per heavy atom. The van der Waals surface area contributed by atoms with Gasteiger partial charge in [-0.2, -0.15) is 17.8 Å². The van der Waals surface area contributed by atoms with Crippen molar-refractivity contribution in [2.45, 2.75) is 39.2 Å². The average Bonchev–Trinajstić information content (AvgIpc) is 3.55. The monoisotopic (exact) mass is 574 g/mol. The number of rotatable bonds is 14. The van der Waals surface area contributed by atoms with Crippen molar-refractivity contribution < 1.29 is 14.7 Å². The number of thiol groups is 1. The zero-order valence-corrected chi connectivity index (χ0v) is 24.2. The van der Waals surface area contributed by atoms with Crippen LogP contribution in [0.15, 0.2) is 78.9 Å². The highest BCUT2D eigenvalue weighted by Crippen LogP contribution is 2.29. The van der Waals surface area contributed by atoms with Crippen molar-refractivity contribution in [1.82, 2.24) is 31.3 Å². The molecule has 4 N–H and O–H groups in total. The second kappa shape index (κ2) is 17.6. The number of hydrogen-bond acceptors (Lipinski definition) is 7. The molecule has 0 aliphatic carbocycles. The molecule has 1 atom stereocenters. The number of carbonyl (C=O) groups is 2. The standard InChI is InChI=1S/C26H28N6OS.C5H10O2/c33-26(22(18-34)16-19-6-2-1-3-7-19)28-15-14-27-17-20-10-12-21(13-11-20)23-8-4-5-9-24(23)25-29-31-32-30-25;1-2-3-4-5(6)7/h1-13,22,27,34H,14-18H2,(H,28,33)(H,29,30,31,32);2-4H2,1H3,(H,6,7). The molecule has 9 nitrogen and oxygen atoms in total. The lowest BCUT2D eigenvalue weighted by atomic mass is 9.98. The molecule has 1 unspecified atom stereocenters. The molecule has 10 heteroatoms. The van der Waals surface area contributed by atoms with Gasteiger partial charge in [-0.25, -0.2) is 0 Å². The second-order valence-electron chi connectivity index (χ2n) is 9.51. The third-order valence-corrected chi connectivity index (χ3v) is 6.81. The van der Waals surface area contributed by atoms with Gasteiger partial charge in [0.1, 0.15) is 0 Å². The molecule has 0 spiro atoms. The van der Waals surface area contributed by atoms with Crippen LogP contribution in [0.2, 0.25) is 0 Å². The molecule has 0 aliphatic heterocycles. The minimum atomic E-state index is -0.693. The summed E-state index contributed by atoms with van der Waals surface area (Å²) >= 11 is 4.37. The highest BCUT2D eigenvalue weighted by molar-refractivity contribution is 7.80. The van der Waals surface area contributed by atoms with E-state index in [-0.39, 0.29) is 11.8 Å². The van der Waals surface area contributed by atoms with E-state index in [4.69, 9.17) is 5.11 Å². The van der Waals surface area contributed by atoms with Gasteiger partial charge < -0.3 is 15.7 Å². The first kappa shape index (κ1) is 31.5. The Balaban J connectivity index is 0.000000587. The smallest absolute Gasteiger partial charge is 0.303 e. The van der Waals surface area contributed by atoms with Crippen molar-refractivity contribution in [3.8, 4) is 22.5 Å². The molecule has 0 fully saturated rings. The van der Waals surface area contributed by atoms with Crippen molar-refractivity contribution in [2.24, 2.45) is 5.92 Å². The molecule has 41 heavy (non-hydrogen) atoms. The van der Waals surface area contributed by atoms with E-state index in [1.54, 1.807) is 0 Å². The molecule has 4 rings (SSSR count). The van der Waals surface area contributed by atoms with Gasteiger partial charge in [0.05, 0.1) is 5.92 Å². The van der Waals surface area contributed by atoms with Crippen LogP contribution in [-0.4, -0.2) is 56.4 Å². The molecule has 4 aromatic rings. The largest absolute Gasteiger partial charge is 0.481 e. The van der Waals surface area contributed by atoms with Crippen molar-refractivity contribution in [1.29, 1.82) is 0 Å². The number of nitrogens with zero attached hydrogens (tertiary/aromatic N) is 3. The number of nitrogens with one attached hydrogen (secondary N) is 3. The van der Waals surface area contributed by atoms with Crippen LogP contribution in [0.3, 0.4) is 0 Å². The zero-order valence-electron chi connectivity index (χ0n) is 23.3. The Kier molecular flexibility index (Phi) is 13.5. The van der Waals surface area contributed by atoms with Gasteiger partial charge in [0, 0.05) is 37.4 Å². The van der Waals surface area contributed by atoms with E-state index in [1.165, 1.54) is 5.56 Å². The number of carboxylic acid groups (broad SMARTS) is 1. The summed E-state index contributed by atoms with van der Waals surface area (Å²) in [6, 6.07) is 26.5. The van der Waals surface area contributed by atoms with E-state index in [9.17, 15) is 9.59 Å². The number of H-pyrrole nitrogens is 1. The summed E-state index contributed by atoms with van der Waals surface area (Å²) in [5.74, 6) is 0.323. The summed E-state index contributed by atoms with van der Waals surface area (Å²) in [5, 5.41) is 28.8. The summed E-state index contributed by atoms with van der Waals surface area (Å²) in [6.45, 7) is 3.97. The molecule has 1 heterocycles. The number of aromatic nitrogens is 4. The molecule has 0 radical (unpaired) electrons. The Hall–Kier alpha value is -4.02. The lowest BCUT2D eigenvalue weighted by molar-refractivity contribution is -0.137. The fourth-order valence-corrected chi connectivity index (χ4v) is 4.42. The summed E-state index contributed by atoms with van der Waals surface area (Å²) in [7, 11) is 0. The van der Waals surface area contributed by atoms with E-state index in [1.807, 2.05) is 55.5 Å². The van der Waals surface area contributed by atoms with Gasteiger partial charge in [-0.05, 0) is 40.3 Å². The zero-order chi connectivity index (χ0) is 29.3. The second-order valence-corrected chi connectivity index (χ2v) is 9.88. The van der Waals surface area contributed by atoms with Gasteiger partial charge in [-0.15, -0.1) is 10.2 Å². The van der Waals surface area contributed by atoms with E-state index in [2.05, 4.69) is 74.2 Å². The molecule has 0 saturated carbocycles. The molecular formula is C31H38N6O3S. The summed E-state index contributed by atoms with van der Waals surface area (Å²) in [5.41, 5.74) is 5.40. The van der Waals surface area contributed by atoms with Crippen LogP contribution in [0, 0.1) is 5.92 Å². The Labute approximate surface area is 246 Å². The molecule has 3 aromatic carbocycles. The van der Waals surface area contributed by atoms with Gasteiger partial charge >= 0.3 is 5.97 Å². The van der Waals surface area contributed by atoms with Crippen LogP contribution in [0.25, 0.3) is 22.5 Å². The molecule has 0 bridgehead atoms. The van der Waals surface area contributed by atoms with Crippen molar-refractivity contribution in [3.63, 3.8) is 0 Å². The van der Waals surface area contributed by atoms with Gasteiger partial charge in [-0.1, -0.05) is 92.2 Å². The number of hydrogen-bond donors (Lipinski definition) is 5. The third kappa shape index (κ3) is 10.8. The predicted octanol–water partition coefficient (Wildman–Crippen LogP) is 4.79. The average molecular weight is 575 g/mol. The Morgan fingerprint density at radius 2 is 1.63 bits per heavy atom. The highest BCUT2D eigenvalue weighted by Gasteiger charge is 2.16. The van der Waals surface area contributed by atoms with E-state index < -0.39 is 5.97 Å². The molecule has 0 saturated heterocycles. The third-order valence-electron chi connectivity index (χ3n) is 6.37. The lowest BCUT2D eigenvalue weighted by Gasteiger charge is -2.15. The first-order chi connectivity index (χ1) is 20.0. The molecule has 0 aliphatic rings. The highest BCUT2D eigenvalue weighted by atomic mass is 32.1. The van der Waals surface area contributed by atoms with Crippen LogP contribution in [-0.2, 0) is 22.6 Å². The van der Waals surface area contributed by atoms with Gasteiger partial charge in [0.2, 0.25) is 11.7 Å². The van der Waals surface area contributed by atoms with E-state index in [0.717, 1.165) is 41.6 Å². The molecule has 1 aromatic heterocycles. The van der Waals surface area contributed by atoms with Crippen LogP contribution in [0.5, 0.6) is 0 Å². The minimum absolute atomic E-state index is 0.0465. The van der Waals surface area contributed by atoms with E-state index in [0.29, 0.717) is 37.5 Å². The van der Waals surface area contributed by atoms with E-state index >= 15 is 0 Å². The van der Waals surface area contributed by atoms with Gasteiger partial charge in [-0.3, -0.25) is 9.59 Å². The number of aromatic amines is 1. The summed E-state index contributed by atoms with van der Waals surface area (Å²) in [4.78, 5) is 22.3. The number of unbranched alkanes of at least 4 members (excludes halogenated alkanes) is 1. The van der Waals surface area contributed by atoms with Crippen LogP contribution in [0.4, 0.5) is 0 Å². The SMILES string of the molecule is CCCCC(=O)O.O=C(NCCNCc1ccc(-c2ccccc2-c2nn[nH]n2)cc1)C(CS)Cc1ccccc1. The normalized spacial score (nSPS) is 11.3. The fraction of sp³-hybridized carbons (Fsp3) is 0.323. The maximum Gasteiger partial charge on any atom is 0.303 e. The van der Waals surface area contributed by atoms with Crippen LogP contribution in [0.1, 0.15) is 37.3 Å². The number of tetrazole rings is 1. The lowest BCUT2D eigenvalue weighted by Crippen LogP contribution is -2.37. The Morgan fingerprint density at radius 1 is 0.927 bits per heavy atom. The number of carbonyl (C=O) groups excluding carboxylic acids is 1. The number of benzene rings is 3. The molecule has 1 amide bonds. The minimum Gasteiger partial charge on any atom is -0.481 e. The number of amides is 1.